The first-order valence-electron chi connectivity index (χ1n) is 5.48. The number of amides is 1. The molecule has 0 unspecified atom stereocenters. The normalized spacial score (nSPS) is 10.7. The van der Waals surface area contributed by atoms with Gasteiger partial charge in [-0.2, -0.15) is 0 Å². The van der Waals surface area contributed by atoms with Gasteiger partial charge in [-0.15, -0.1) is 0 Å². The average molecular weight is 325 g/mol. The molecule has 0 aliphatic carbocycles. The number of pyridine rings is 2. The molecule has 0 fully saturated rings. The second kappa shape index (κ2) is 5.32. The quantitative estimate of drug-likeness (QED) is 0.730. The number of carbonyl (C=O) groups is 1. The predicted molar refractivity (Wildman–Crippen MR) is 79.6 cm³/mol. The Kier molecular flexibility index (Phi) is 3.52. The lowest BCUT2D eigenvalue weighted by molar-refractivity contribution is 0.102. The van der Waals surface area contributed by atoms with E-state index in [-0.39, 0.29) is 11.1 Å². The third kappa shape index (κ3) is 2.58. The molecule has 1 N–H and O–H groups in total. The molecule has 8 heteroatoms. The van der Waals surface area contributed by atoms with Crippen LogP contribution in [0, 0.1) is 0 Å². The summed E-state index contributed by atoms with van der Waals surface area (Å²) in [6.45, 7) is 0. The van der Waals surface area contributed by atoms with E-state index in [2.05, 4.69) is 20.3 Å². The molecule has 3 rings (SSSR count). The molecule has 0 aliphatic heterocycles. The fourth-order valence-corrected chi connectivity index (χ4v) is 2.80. The molecule has 3 heterocycles. The number of thiazole rings is 1. The van der Waals surface area contributed by atoms with E-state index in [0.29, 0.717) is 26.2 Å². The van der Waals surface area contributed by atoms with Gasteiger partial charge in [0.05, 0.1) is 5.56 Å². The van der Waals surface area contributed by atoms with Crippen LogP contribution in [0.3, 0.4) is 0 Å². The van der Waals surface area contributed by atoms with E-state index in [1.165, 1.54) is 17.5 Å². The van der Waals surface area contributed by atoms with Crippen LogP contribution < -0.4 is 5.32 Å². The number of nitrogens with one attached hydrogen (secondary N) is 1. The van der Waals surface area contributed by atoms with Crippen LogP contribution in [0.2, 0.25) is 10.3 Å². The van der Waals surface area contributed by atoms with Crippen molar-refractivity contribution in [1.82, 2.24) is 15.0 Å². The van der Waals surface area contributed by atoms with E-state index in [0.717, 1.165) is 0 Å². The van der Waals surface area contributed by atoms with Crippen LogP contribution in [0.4, 0.5) is 5.13 Å². The minimum atomic E-state index is -0.367. The first-order valence-corrected chi connectivity index (χ1v) is 7.06. The summed E-state index contributed by atoms with van der Waals surface area (Å²) in [7, 11) is 0. The van der Waals surface area contributed by atoms with Gasteiger partial charge in [0.1, 0.15) is 20.7 Å². The minimum absolute atomic E-state index is 0.146. The molecule has 0 atom stereocenters. The number of carbonyl (C=O) groups excluding carboxylic acids is 1. The zero-order valence-electron chi connectivity index (χ0n) is 9.80. The Bertz CT molecular complexity index is 805. The molecule has 0 spiro atoms. The zero-order chi connectivity index (χ0) is 14.1. The van der Waals surface area contributed by atoms with Crippen LogP contribution in [0.1, 0.15) is 10.4 Å². The molecule has 0 bridgehead atoms. The molecule has 0 aliphatic rings. The van der Waals surface area contributed by atoms with Crippen LogP contribution >= 0.6 is 34.5 Å². The van der Waals surface area contributed by atoms with E-state index >= 15 is 0 Å². The fourth-order valence-electron chi connectivity index (χ4n) is 1.57. The predicted octanol–water partition coefficient (Wildman–Crippen LogP) is 3.65. The summed E-state index contributed by atoms with van der Waals surface area (Å²) in [4.78, 5) is 25.0. The summed E-state index contributed by atoms with van der Waals surface area (Å²) < 4.78 is 0. The second-order valence-electron chi connectivity index (χ2n) is 3.77. The number of hydrogen-bond donors (Lipinski definition) is 1. The first-order chi connectivity index (χ1) is 9.63. The second-order valence-corrected chi connectivity index (χ2v) is 5.50. The monoisotopic (exact) mass is 324 g/mol. The summed E-state index contributed by atoms with van der Waals surface area (Å²) in [6.07, 6.45) is 1.52. The van der Waals surface area contributed by atoms with Crippen molar-refractivity contribution < 1.29 is 4.79 Å². The van der Waals surface area contributed by atoms with Crippen LogP contribution in [0.5, 0.6) is 0 Å². The molecule has 0 aromatic carbocycles. The third-order valence-corrected chi connectivity index (χ3v) is 3.84. The maximum absolute atomic E-state index is 12.1. The number of rotatable bonds is 2. The van der Waals surface area contributed by atoms with Gasteiger partial charge in [0, 0.05) is 6.20 Å². The van der Waals surface area contributed by atoms with E-state index in [4.69, 9.17) is 23.2 Å². The minimum Gasteiger partial charge on any atom is -0.298 e. The summed E-state index contributed by atoms with van der Waals surface area (Å²) in [5.41, 5.74) is 0.964. The van der Waals surface area contributed by atoms with Crippen molar-refractivity contribution in [3.05, 3.63) is 46.3 Å². The lowest BCUT2D eigenvalue weighted by atomic mass is 10.3. The van der Waals surface area contributed by atoms with Crippen molar-refractivity contribution in [1.29, 1.82) is 0 Å². The van der Waals surface area contributed by atoms with Gasteiger partial charge in [-0.05, 0) is 24.3 Å². The molecule has 5 nitrogen and oxygen atoms in total. The molecule has 0 saturated heterocycles. The van der Waals surface area contributed by atoms with Gasteiger partial charge in [-0.1, -0.05) is 34.5 Å². The number of fused-ring (bicyclic) bond motifs is 1. The lowest BCUT2D eigenvalue weighted by Crippen LogP contribution is -2.12. The highest BCUT2D eigenvalue weighted by Gasteiger charge is 2.13. The first kappa shape index (κ1) is 13.2. The number of hydrogen-bond acceptors (Lipinski definition) is 5. The Morgan fingerprint density at radius 1 is 1.20 bits per heavy atom. The number of aromatic nitrogens is 3. The standard InChI is InChI=1S/C12H6Cl2N4OS/c13-8-4-3-7-11(17-8)20-12(16-7)18-10(19)6-2-1-5-15-9(6)14/h1-5H,(H,16,18,19). The van der Waals surface area contributed by atoms with Gasteiger partial charge in [0.15, 0.2) is 5.13 Å². The molecular formula is C12H6Cl2N4OS. The van der Waals surface area contributed by atoms with E-state index < -0.39 is 0 Å². The number of anilines is 1. The summed E-state index contributed by atoms with van der Waals surface area (Å²) in [6, 6.07) is 6.62. The Hall–Kier alpha value is -1.76. The van der Waals surface area contributed by atoms with Gasteiger partial charge in [-0.3, -0.25) is 10.1 Å². The molecule has 0 saturated carbocycles. The van der Waals surface area contributed by atoms with Crippen molar-refractivity contribution in [2.75, 3.05) is 5.32 Å². The van der Waals surface area contributed by atoms with Crippen molar-refractivity contribution in [2.24, 2.45) is 0 Å². The summed E-state index contributed by atoms with van der Waals surface area (Å²) in [5.74, 6) is -0.367. The maximum atomic E-state index is 12.1. The highest BCUT2D eigenvalue weighted by molar-refractivity contribution is 7.22. The highest BCUT2D eigenvalue weighted by atomic mass is 35.5. The Morgan fingerprint density at radius 3 is 2.85 bits per heavy atom. The Balaban J connectivity index is 1.89. The maximum Gasteiger partial charge on any atom is 0.260 e. The Labute approximate surface area is 127 Å². The van der Waals surface area contributed by atoms with Gasteiger partial charge in [0.25, 0.3) is 5.91 Å². The van der Waals surface area contributed by atoms with Crippen molar-refractivity contribution in [3.8, 4) is 0 Å². The van der Waals surface area contributed by atoms with Crippen LogP contribution in [0.15, 0.2) is 30.5 Å². The number of nitrogens with zero attached hydrogens (tertiary/aromatic N) is 3. The van der Waals surface area contributed by atoms with Gasteiger partial charge in [0.2, 0.25) is 0 Å². The molecule has 20 heavy (non-hydrogen) atoms. The molecule has 3 aromatic heterocycles. The molecule has 100 valence electrons. The highest BCUT2D eigenvalue weighted by Crippen LogP contribution is 2.26. The van der Waals surface area contributed by atoms with Gasteiger partial charge in [-0.25, -0.2) is 15.0 Å². The molecular weight excluding hydrogens is 319 g/mol. The van der Waals surface area contributed by atoms with Crippen molar-refractivity contribution in [3.63, 3.8) is 0 Å². The van der Waals surface area contributed by atoms with Crippen molar-refractivity contribution in [2.45, 2.75) is 0 Å². The smallest absolute Gasteiger partial charge is 0.260 e. The van der Waals surface area contributed by atoms with E-state index in [1.54, 1.807) is 24.3 Å². The lowest BCUT2D eigenvalue weighted by Gasteiger charge is -2.02. The topological polar surface area (TPSA) is 67.8 Å². The summed E-state index contributed by atoms with van der Waals surface area (Å²) in [5, 5.41) is 3.63. The van der Waals surface area contributed by atoms with E-state index in [9.17, 15) is 4.79 Å². The van der Waals surface area contributed by atoms with Crippen molar-refractivity contribution >= 4 is 55.9 Å². The van der Waals surface area contributed by atoms with Gasteiger partial charge < -0.3 is 0 Å². The van der Waals surface area contributed by atoms with Gasteiger partial charge >= 0.3 is 0 Å². The van der Waals surface area contributed by atoms with E-state index in [1.807, 2.05) is 0 Å². The van der Waals surface area contributed by atoms with Crippen LogP contribution in [-0.2, 0) is 0 Å². The van der Waals surface area contributed by atoms with Crippen LogP contribution in [0.25, 0.3) is 10.3 Å². The fraction of sp³-hybridized carbons (Fsp3) is 0. The SMILES string of the molecule is O=C(Nc1nc2ccc(Cl)nc2s1)c1cccnc1Cl. The van der Waals surface area contributed by atoms with Crippen LogP contribution in [-0.4, -0.2) is 20.9 Å². The number of halogens is 2. The molecule has 3 aromatic rings. The molecule has 0 radical (unpaired) electrons. The molecule has 1 amide bonds. The average Bonchev–Trinajstić information content (AvgIpc) is 2.80. The largest absolute Gasteiger partial charge is 0.298 e. The Morgan fingerprint density at radius 2 is 2.05 bits per heavy atom. The summed E-state index contributed by atoms with van der Waals surface area (Å²) >= 11 is 12.9. The third-order valence-electron chi connectivity index (χ3n) is 2.45. The zero-order valence-corrected chi connectivity index (χ0v) is 12.1.